The maximum Gasteiger partial charge on any atom is 0.179 e. The van der Waals surface area contributed by atoms with Crippen molar-refractivity contribution >= 4 is 17.0 Å². The second kappa shape index (κ2) is 2.93. The van der Waals surface area contributed by atoms with Gasteiger partial charge in [-0.1, -0.05) is 0 Å². The number of rotatable bonds is 2. The molecule has 5 heteroatoms. The molecule has 1 aliphatic carbocycles. The van der Waals surface area contributed by atoms with Crippen molar-refractivity contribution < 1.29 is 0 Å². The van der Waals surface area contributed by atoms with Gasteiger partial charge in [-0.15, -0.1) is 0 Å². The highest BCUT2D eigenvalue weighted by Gasteiger charge is 2.31. The van der Waals surface area contributed by atoms with E-state index in [4.69, 9.17) is 11.5 Å². The number of hydrogen-bond acceptors (Lipinski definition) is 4. The van der Waals surface area contributed by atoms with E-state index in [9.17, 15) is 0 Å². The van der Waals surface area contributed by atoms with Crippen LogP contribution < -0.4 is 11.5 Å². The van der Waals surface area contributed by atoms with E-state index in [0.717, 1.165) is 11.3 Å². The van der Waals surface area contributed by atoms with Crippen LogP contribution in [0.15, 0.2) is 12.1 Å². The molecule has 15 heavy (non-hydrogen) atoms. The zero-order valence-corrected chi connectivity index (χ0v) is 8.27. The maximum absolute atomic E-state index is 6.05. The second-order valence-electron chi connectivity index (χ2n) is 4.09. The molecule has 1 saturated carbocycles. The summed E-state index contributed by atoms with van der Waals surface area (Å²) in [5.74, 6) is 1.90. The van der Waals surface area contributed by atoms with Gasteiger partial charge >= 0.3 is 0 Å². The van der Waals surface area contributed by atoms with Crippen LogP contribution in [0, 0.1) is 5.92 Å². The van der Waals surface area contributed by atoms with Crippen LogP contribution in [0.3, 0.4) is 0 Å². The molecule has 0 amide bonds. The molecule has 0 aromatic carbocycles. The summed E-state index contributed by atoms with van der Waals surface area (Å²) in [6, 6.07) is 3.65. The van der Waals surface area contributed by atoms with Crippen molar-refractivity contribution in [1.29, 1.82) is 0 Å². The maximum atomic E-state index is 6.05. The first-order chi connectivity index (χ1) is 7.24. The number of nitrogens with one attached hydrogen (secondary N) is 1. The molecule has 1 aliphatic rings. The summed E-state index contributed by atoms with van der Waals surface area (Å²) in [4.78, 5) is 11.7. The van der Waals surface area contributed by atoms with Gasteiger partial charge in [0, 0.05) is 0 Å². The lowest BCUT2D eigenvalue weighted by Crippen LogP contribution is -2.13. The number of H-pyrrole nitrogens is 1. The van der Waals surface area contributed by atoms with Gasteiger partial charge in [0.05, 0.1) is 11.6 Å². The normalized spacial score (nSPS) is 18.2. The van der Waals surface area contributed by atoms with Crippen molar-refractivity contribution in [1.82, 2.24) is 15.0 Å². The van der Waals surface area contributed by atoms with Crippen molar-refractivity contribution in [2.24, 2.45) is 11.7 Å². The van der Waals surface area contributed by atoms with Gasteiger partial charge < -0.3 is 16.5 Å². The molecule has 78 valence electrons. The number of nitrogens with two attached hydrogens (primary N) is 2. The number of nitrogens with zero attached hydrogens (tertiary/aromatic N) is 2. The quantitative estimate of drug-likeness (QED) is 0.677. The topological polar surface area (TPSA) is 93.6 Å². The molecule has 3 rings (SSSR count). The van der Waals surface area contributed by atoms with Gasteiger partial charge in [0.25, 0.3) is 0 Å². The second-order valence-corrected chi connectivity index (χ2v) is 4.09. The van der Waals surface area contributed by atoms with E-state index in [1.807, 2.05) is 6.07 Å². The number of aromatic amines is 1. The Labute approximate surface area is 86.9 Å². The summed E-state index contributed by atoms with van der Waals surface area (Å²) in [6.45, 7) is 0. The van der Waals surface area contributed by atoms with Crippen LogP contribution in [0.2, 0.25) is 0 Å². The third-order valence-corrected chi connectivity index (χ3v) is 2.83. The van der Waals surface area contributed by atoms with E-state index in [1.54, 1.807) is 6.07 Å². The minimum absolute atomic E-state index is 0.0143. The Bertz CT molecular complexity index is 499. The molecule has 2 aromatic heterocycles. The van der Waals surface area contributed by atoms with E-state index in [1.165, 1.54) is 12.8 Å². The molecule has 2 heterocycles. The van der Waals surface area contributed by atoms with Crippen LogP contribution in [0.5, 0.6) is 0 Å². The standard InChI is InChI=1S/C10H13N5/c11-7-4-3-6-9(14-7)15-10(13-6)8(12)5-1-2-5/h3-5,8H,1-2,12H2,(H3,11,13,14,15). The number of pyridine rings is 1. The third-order valence-electron chi connectivity index (χ3n) is 2.83. The SMILES string of the molecule is Nc1ccc2[nH]c(C(N)C3CC3)nc2n1. The van der Waals surface area contributed by atoms with Crippen LogP contribution in [0.1, 0.15) is 24.7 Å². The van der Waals surface area contributed by atoms with Gasteiger partial charge in [-0.05, 0) is 30.9 Å². The zero-order chi connectivity index (χ0) is 10.4. The molecule has 0 spiro atoms. The lowest BCUT2D eigenvalue weighted by Gasteiger charge is -2.04. The molecular formula is C10H13N5. The molecule has 0 radical (unpaired) electrons. The largest absolute Gasteiger partial charge is 0.384 e. The number of anilines is 1. The van der Waals surface area contributed by atoms with E-state index in [-0.39, 0.29) is 6.04 Å². The average molecular weight is 203 g/mol. The predicted octanol–water partition coefficient (Wildman–Crippen LogP) is 0.950. The van der Waals surface area contributed by atoms with Crippen LogP contribution in [-0.4, -0.2) is 15.0 Å². The number of imidazole rings is 1. The lowest BCUT2D eigenvalue weighted by atomic mass is 10.2. The summed E-state index contributed by atoms with van der Waals surface area (Å²) in [5, 5.41) is 0. The van der Waals surface area contributed by atoms with Crippen LogP contribution >= 0.6 is 0 Å². The monoisotopic (exact) mass is 203 g/mol. The highest BCUT2D eigenvalue weighted by molar-refractivity contribution is 5.72. The Kier molecular flexibility index (Phi) is 1.70. The fourth-order valence-corrected chi connectivity index (χ4v) is 1.76. The van der Waals surface area contributed by atoms with Crippen LogP contribution in [0.25, 0.3) is 11.2 Å². The zero-order valence-electron chi connectivity index (χ0n) is 8.27. The first-order valence-corrected chi connectivity index (χ1v) is 5.12. The fraction of sp³-hybridized carbons (Fsp3) is 0.400. The summed E-state index contributed by atoms with van der Waals surface area (Å²) < 4.78 is 0. The van der Waals surface area contributed by atoms with Gasteiger partial charge in [-0.2, -0.15) is 0 Å². The molecule has 1 fully saturated rings. The summed E-state index contributed by atoms with van der Waals surface area (Å²) >= 11 is 0. The smallest absolute Gasteiger partial charge is 0.179 e. The predicted molar refractivity (Wildman–Crippen MR) is 58.0 cm³/mol. The highest BCUT2D eigenvalue weighted by Crippen LogP contribution is 2.38. The van der Waals surface area contributed by atoms with E-state index >= 15 is 0 Å². The van der Waals surface area contributed by atoms with Crippen molar-refractivity contribution in [2.75, 3.05) is 5.73 Å². The Morgan fingerprint density at radius 1 is 1.33 bits per heavy atom. The van der Waals surface area contributed by atoms with Gasteiger partial charge in [0.1, 0.15) is 11.6 Å². The van der Waals surface area contributed by atoms with E-state index in [0.29, 0.717) is 17.4 Å². The number of aromatic nitrogens is 3. The lowest BCUT2D eigenvalue weighted by molar-refractivity contribution is 0.602. The highest BCUT2D eigenvalue weighted by atomic mass is 15.0. The first-order valence-electron chi connectivity index (χ1n) is 5.12. The first kappa shape index (κ1) is 8.67. The van der Waals surface area contributed by atoms with Crippen LogP contribution in [0.4, 0.5) is 5.82 Å². The van der Waals surface area contributed by atoms with Crippen molar-refractivity contribution in [3.63, 3.8) is 0 Å². The molecule has 0 bridgehead atoms. The fourth-order valence-electron chi connectivity index (χ4n) is 1.76. The molecule has 2 aromatic rings. The average Bonchev–Trinajstić information content (AvgIpc) is 2.97. The van der Waals surface area contributed by atoms with Gasteiger partial charge in [0.2, 0.25) is 0 Å². The van der Waals surface area contributed by atoms with Gasteiger partial charge in [-0.25, -0.2) is 9.97 Å². The summed E-state index contributed by atoms with van der Waals surface area (Å²) in [7, 11) is 0. The molecule has 0 aliphatic heterocycles. The minimum atomic E-state index is 0.0143. The number of fused-ring (bicyclic) bond motifs is 1. The Morgan fingerprint density at radius 2 is 2.13 bits per heavy atom. The van der Waals surface area contributed by atoms with E-state index in [2.05, 4.69) is 15.0 Å². The molecular weight excluding hydrogens is 190 g/mol. The molecule has 1 unspecified atom stereocenters. The van der Waals surface area contributed by atoms with Gasteiger partial charge in [0.15, 0.2) is 5.65 Å². The number of nitrogen functional groups attached to an aromatic ring is 1. The molecule has 0 saturated heterocycles. The van der Waals surface area contributed by atoms with Gasteiger partial charge in [-0.3, -0.25) is 0 Å². The Balaban J connectivity index is 2.05. The summed E-state index contributed by atoms with van der Waals surface area (Å²) in [6.07, 6.45) is 2.40. The summed E-state index contributed by atoms with van der Waals surface area (Å²) in [5.41, 5.74) is 13.2. The molecule has 5 nitrogen and oxygen atoms in total. The van der Waals surface area contributed by atoms with Crippen LogP contribution in [-0.2, 0) is 0 Å². The third kappa shape index (κ3) is 1.45. The van der Waals surface area contributed by atoms with E-state index < -0.39 is 0 Å². The molecule has 5 N–H and O–H groups in total. The van der Waals surface area contributed by atoms with Crippen molar-refractivity contribution in [3.8, 4) is 0 Å². The Morgan fingerprint density at radius 3 is 2.87 bits per heavy atom. The minimum Gasteiger partial charge on any atom is -0.384 e. The number of hydrogen-bond donors (Lipinski definition) is 3. The van der Waals surface area contributed by atoms with Crippen molar-refractivity contribution in [2.45, 2.75) is 18.9 Å². The Hall–Kier alpha value is -1.62. The van der Waals surface area contributed by atoms with Crippen molar-refractivity contribution in [3.05, 3.63) is 18.0 Å². The molecule has 1 atom stereocenters.